The normalized spacial score (nSPS) is 10.3. The Kier molecular flexibility index (Phi) is 5.36. The van der Waals surface area contributed by atoms with E-state index in [-0.39, 0.29) is 5.91 Å². The second-order valence-electron chi connectivity index (χ2n) is 5.64. The Morgan fingerprint density at radius 2 is 1.84 bits per heavy atom. The van der Waals surface area contributed by atoms with Crippen LogP contribution in [0.15, 0.2) is 67.3 Å². The molecule has 0 aliphatic rings. The van der Waals surface area contributed by atoms with Gasteiger partial charge in [0, 0.05) is 37.0 Å². The molecule has 0 saturated carbocycles. The Morgan fingerprint density at radius 1 is 1.04 bits per heavy atom. The van der Waals surface area contributed by atoms with Gasteiger partial charge in [0.15, 0.2) is 0 Å². The van der Waals surface area contributed by atoms with Gasteiger partial charge in [-0.2, -0.15) is 0 Å². The Morgan fingerprint density at radius 3 is 2.64 bits per heavy atom. The molecule has 2 heterocycles. The molecule has 126 valence electrons. The topological polar surface area (TPSA) is 66.9 Å². The van der Waals surface area contributed by atoms with Crippen molar-refractivity contribution >= 4 is 17.3 Å². The van der Waals surface area contributed by atoms with Gasteiger partial charge in [0.05, 0.1) is 11.3 Å². The van der Waals surface area contributed by atoms with Crippen molar-refractivity contribution in [1.82, 2.24) is 9.97 Å². The van der Waals surface area contributed by atoms with E-state index in [1.54, 1.807) is 30.9 Å². The molecule has 5 heteroatoms. The molecule has 25 heavy (non-hydrogen) atoms. The number of hydrogen-bond acceptors (Lipinski definition) is 4. The Hall–Kier alpha value is -3.21. The molecular formula is C20H20N4O. The van der Waals surface area contributed by atoms with Crippen molar-refractivity contribution in [1.29, 1.82) is 0 Å². The van der Waals surface area contributed by atoms with E-state index >= 15 is 0 Å². The third-order valence-electron chi connectivity index (χ3n) is 3.89. The molecule has 0 fully saturated rings. The van der Waals surface area contributed by atoms with Crippen LogP contribution in [0.25, 0.3) is 0 Å². The average molecular weight is 332 g/mol. The molecule has 3 rings (SSSR count). The van der Waals surface area contributed by atoms with E-state index < -0.39 is 0 Å². The van der Waals surface area contributed by atoms with Crippen molar-refractivity contribution in [2.24, 2.45) is 0 Å². The van der Waals surface area contributed by atoms with E-state index in [0.29, 0.717) is 12.1 Å². The molecule has 0 atom stereocenters. The number of nitrogens with zero attached hydrogens (tertiary/aromatic N) is 2. The maximum Gasteiger partial charge on any atom is 0.257 e. The number of aryl methyl sites for hydroxylation is 1. The van der Waals surface area contributed by atoms with Gasteiger partial charge in [-0.1, -0.05) is 25.1 Å². The van der Waals surface area contributed by atoms with Crippen LogP contribution in [0.4, 0.5) is 11.4 Å². The van der Waals surface area contributed by atoms with Gasteiger partial charge in [0.1, 0.15) is 0 Å². The van der Waals surface area contributed by atoms with Crippen LogP contribution in [0.1, 0.15) is 28.4 Å². The highest BCUT2D eigenvalue weighted by molar-refractivity contribution is 6.04. The minimum atomic E-state index is -0.166. The van der Waals surface area contributed by atoms with E-state index in [1.807, 2.05) is 36.4 Å². The van der Waals surface area contributed by atoms with Gasteiger partial charge in [-0.3, -0.25) is 14.8 Å². The maximum atomic E-state index is 12.5. The average Bonchev–Trinajstić information content (AvgIpc) is 2.68. The number of nitrogens with one attached hydrogen (secondary N) is 2. The zero-order chi connectivity index (χ0) is 17.5. The fraction of sp³-hybridized carbons (Fsp3) is 0.150. The zero-order valence-corrected chi connectivity index (χ0v) is 14.1. The van der Waals surface area contributed by atoms with Crippen molar-refractivity contribution < 1.29 is 4.79 Å². The van der Waals surface area contributed by atoms with Gasteiger partial charge in [-0.15, -0.1) is 0 Å². The number of amides is 1. The summed E-state index contributed by atoms with van der Waals surface area (Å²) < 4.78 is 0. The Bertz CT molecular complexity index is 849. The van der Waals surface area contributed by atoms with Crippen molar-refractivity contribution in [3.63, 3.8) is 0 Å². The predicted molar refractivity (Wildman–Crippen MR) is 99.6 cm³/mol. The minimum Gasteiger partial charge on any atom is -0.380 e. The molecule has 1 aromatic carbocycles. The first-order valence-electron chi connectivity index (χ1n) is 8.23. The summed E-state index contributed by atoms with van der Waals surface area (Å²) in [6, 6.07) is 13.5. The molecule has 1 amide bonds. The third kappa shape index (κ3) is 4.41. The lowest BCUT2D eigenvalue weighted by Crippen LogP contribution is -2.14. The van der Waals surface area contributed by atoms with Crippen LogP contribution < -0.4 is 10.6 Å². The molecule has 0 bridgehead atoms. The van der Waals surface area contributed by atoms with Gasteiger partial charge in [0.2, 0.25) is 0 Å². The fourth-order valence-electron chi connectivity index (χ4n) is 2.51. The van der Waals surface area contributed by atoms with E-state index in [1.165, 1.54) is 0 Å². The van der Waals surface area contributed by atoms with Crippen molar-refractivity contribution in [3.8, 4) is 0 Å². The largest absolute Gasteiger partial charge is 0.380 e. The number of pyridine rings is 2. The Labute approximate surface area is 147 Å². The predicted octanol–water partition coefficient (Wildman–Crippen LogP) is 3.90. The number of benzene rings is 1. The number of anilines is 2. The van der Waals surface area contributed by atoms with Gasteiger partial charge >= 0.3 is 0 Å². The summed E-state index contributed by atoms with van der Waals surface area (Å²) in [7, 11) is 0. The van der Waals surface area contributed by atoms with Crippen molar-refractivity contribution in [2.75, 3.05) is 10.6 Å². The maximum absolute atomic E-state index is 12.5. The van der Waals surface area contributed by atoms with Gasteiger partial charge in [-0.05, 0) is 41.8 Å². The Balaban J connectivity index is 1.69. The van der Waals surface area contributed by atoms with Crippen molar-refractivity contribution in [2.45, 2.75) is 19.9 Å². The summed E-state index contributed by atoms with van der Waals surface area (Å²) >= 11 is 0. The number of para-hydroxylation sites is 1. The lowest BCUT2D eigenvalue weighted by atomic mass is 10.1. The second-order valence-corrected chi connectivity index (χ2v) is 5.64. The van der Waals surface area contributed by atoms with Gasteiger partial charge < -0.3 is 10.6 Å². The van der Waals surface area contributed by atoms with Crippen LogP contribution in [0, 0.1) is 0 Å². The van der Waals surface area contributed by atoms with E-state index in [4.69, 9.17) is 0 Å². The summed E-state index contributed by atoms with van der Waals surface area (Å²) in [6.45, 7) is 2.71. The molecule has 0 unspecified atom stereocenters. The molecule has 0 radical (unpaired) electrons. The van der Waals surface area contributed by atoms with Crippen LogP contribution in [0.3, 0.4) is 0 Å². The summed E-state index contributed by atoms with van der Waals surface area (Å²) in [4.78, 5) is 20.7. The number of rotatable bonds is 6. The SMILES string of the molecule is CCc1ccccc1NC(=O)c1cncc(NCc2ccncc2)c1. The smallest absolute Gasteiger partial charge is 0.257 e. The van der Waals surface area contributed by atoms with Gasteiger partial charge in [0.25, 0.3) is 5.91 Å². The van der Waals surface area contributed by atoms with E-state index in [9.17, 15) is 4.79 Å². The molecule has 5 nitrogen and oxygen atoms in total. The molecule has 2 N–H and O–H groups in total. The fourth-order valence-corrected chi connectivity index (χ4v) is 2.51. The molecular weight excluding hydrogens is 312 g/mol. The zero-order valence-electron chi connectivity index (χ0n) is 14.1. The number of aromatic nitrogens is 2. The number of carbonyl (C=O) groups is 1. The first kappa shape index (κ1) is 16.6. The summed E-state index contributed by atoms with van der Waals surface area (Å²) in [5.74, 6) is -0.166. The quantitative estimate of drug-likeness (QED) is 0.718. The van der Waals surface area contributed by atoms with Crippen molar-refractivity contribution in [3.05, 3.63) is 83.9 Å². The molecule has 0 spiro atoms. The van der Waals surface area contributed by atoms with Crippen LogP contribution in [-0.2, 0) is 13.0 Å². The lowest BCUT2D eigenvalue weighted by molar-refractivity contribution is 0.102. The molecule has 2 aromatic heterocycles. The van der Waals surface area contributed by atoms with E-state index in [0.717, 1.165) is 28.9 Å². The highest BCUT2D eigenvalue weighted by atomic mass is 16.1. The third-order valence-corrected chi connectivity index (χ3v) is 3.89. The standard InChI is InChI=1S/C20H20N4O/c1-2-16-5-3-4-6-19(16)24-20(25)17-11-18(14-22-13-17)23-12-15-7-9-21-10-8-15/h3-11,13-14,23H,2,12H2,1H3,(H,24,25). The van der Waals surface area contributed by atoms with Crippen LogP contribution in [0.2, 0.25) is 0 Å². The number of carbonyl (C=O) groups excluding carboxylic acids is 1. The highest BCUT2D eigenvalue weighted by Gasteiger charge is 2.09. The molecule has 3 aromatic rings. The molecule has 0 aliphatic carbocycles. The summed E-state index contributed by atoms with van der Waals surface area (Å²) in [5.41, 5.74) is 4.38. The monoisotopic (exact) mass is 332 g/mol. The highest BCUT2D eigenvalue weighted by Crippen LogP contribution is 2.17. The van der Waals surface area contributed by atoms with Crippen LogP contribution in [0.5, 0.6) is 0 Å². The minimum absolute atomic E-state index is 0.166. The summed E-state index contributed by atoms with van der Waals surface area (Å²) in [6.07, 6.45) is 7.65. The van der Waals surface area contributed by atoms with Crippen LogP contribution in [-0.4, -0.2) is 15.9 Å². The number of hydrogen-bond donors (Lipinski definition) is 2. The summed E-state index contributed by atoms with van der Waals surface area (Å²) in [5, 5.41) is 6.24. The first-order chi connectivity index (χ1) is 12.3. The van der Waals surface area contributed by atoms with Crippen LogP contribution >= 0.6 is 0 Å². The van der Waals surface area contributed by atoms with E-state index in [2.05, 4.69) is 27.5 Å². The van der Waals surface area contributed by atoms with Gasteiger partial charge in [-0.25, -0.2) is 0 Å². The second kappa shape index (κ2) is 8.06. The molecule has 0 aliphatic heterocycles. The molecule has 0 saturated heterocycles. The first-order valence-corrected chi connectivity index (χ1v) is 8.23. The lowest BCUT2D eigenvalue weighted by Gasteiger charge is -2.11.